The molecule has 0 saturated heterocycles. The average molecular weight is 218 g/mol. The van der Waals surface area contributed by atoms with Gasteiger partial charge >= 0.3 is 5.97 Å². The van der Waals surface area contributed by atoms with Crippen molar-refractivity contribution in [3.05, 3.63) is 0 Å². The molecule has 0 bridgehead atoms. The van der Waals surface area contributed by atoms with Gasteiger partial charge in [0.05, 0.1) is 18.8 Å². The highest BCUT2D eigenvalue weighted by molar-refractivity contribution is 5.65. The van der Waals surface area contributed by atoms with E-state index in [1.807, 2.05) is 27.7 Å². The standard InChI is InChI=1S/C6H12O2.C6H14O/c1-3-4-5-8-6(2)7;1-5(2)7-6(3)4/h3-5H2,1-2H3;5-6H,1-4H3. The van der Waals surface area contributed by atoms with Crippen molar-refractivity contribution in [1.82, 2.24) is 0 Å². The second kappa shape index (κ2) is 11.5. The van der Waals surface area contributed by atoms with E-state index in [1.165, 1.54) is 6.92 Å². The first-order valence-electron chi connectivity index (χ1n) is 5.68. The van der Waals surface area contributed by atoms with Crippen LogP contribution in [0.25, 0.3) is 0 Å². The predicted molar refractivity (Wildman–Crippen MR) is 62.9 cm³/mol. The average Bonchev–Trinajstić information content (AvgIpc) is 2.02. The summed E-state index contributed by atoms with van der Waals surface area (Å²) in [5.74, 6) is -0.182. The summed E-state index contributed by atoms with van der Waals surface area (Å²) in [7, 11) is 0. The molecule has 3 nitrogen and oxygen atoms in total. The molecule has 0 aliphatic carbocycles. The van der Waals surface area contributed by atoms with Crippen LogP contribution in [0, 0.1) is 0 Å². The van der Waals surface area contributed by atoms with Gasteiger partial charge in [0.2, 0.25) is 0 Å². The largest absolute Gasteiger partial charge is 0.466 e. The zero-order valence-electron chi connectivity index (χ0n) is 11.0. The van der Waals surface area contributed by atoms with Gasteiger partial charge < -0.3 is 9.47 Å². The lowest BCUT2D eigenvalue weighted by atomic mass is 10.4. The highest BCUT2D eigenvalue weighted by Crippen LogP contribution is 1.93. The van der Waals surface area contributed by atoms with Crippen molar-refractivity contribution >= 4 is 5.97 Å². The molecule has 0 rings (SSSR count). The molecule has 0 aromatic heterocycles. The van der Waals surface area contributed by atoms with Crippen LogP contribution in [0.4, 0.5) is 0 Å². The molecule has 0 aliphatic heterocycles. The predicted octanol–water partition coefficient (Wildman–Crippen LogP) is 3.17. The molecule has 0 fully saturated rings. The van der Waals surface area contributed by atoms with Crippen molar-refractivity contribution in [3.8, 4) is 0 Å². The second-order valence-electron chi connectivity index (χ2n) is 3.93. The van der Waals surface area contributed by atoms with E-state index >= 15 is 0 Å². The van der Waals surface area contributed by atoms with Gasteiger partial charge in [0.15, 0.2) is 0 Å². The Kier molecular flexibility index (Phi) is 12.9. The van der Waals surface area contributed by atoms with Crippen molar-refractivity contribution in [2.45, 2.75) is 66.6 Å². The van der Waals surface area contributed by atoms with E-state index in [4.69, 9.17) is 4.74 Å². The maximum atomic E-state index is 10.1. The van der Waals surface area contributed by atoms with Crippen LogP contribution >= 0.6 is 0 Å². The van der Waals surface area contributed by atoms with Crippen LogP contribution in [0.5, 0.6) is 0 Å². The lowest BCUT2D eigenvalue weighted by Crippen LogP contribution is -2.09. The zero-order chi connectivity index (χ0) is 12.3. The van der Waals surface area contributed by atoms with Gasteiger partial charge in [-0.3, -0.25) is 4.79 Å². The second-order valence-corrected chi connectivity index (χ2v) is 3.93. The number of ether oxygens (including phenoxy) is 2. The SMILES string of the molecule is CC(C)OC(C)C.CCCCOC(C)=O. The highest BCUT2D eigenvalue weighted by atomic mass is 16.5. The third-order valence-corrected chi connectivity index (χ3v) is 1.35. The molecule has 0 aromatic carbocycles. The van der Waals surface area contributed by atoms with Crippen molar-refractivity contribution in [1.29, 1.82) is 0 Å². The smallest absolute Gasteiger partial charge is 0.302 e. The number of rotatable bonds is 5. The Morgan fingerprint density at radius 1 is 1.13 bits per heavy atom. The van der Waals surface area contributed by atoms with Gasteiger partial charge in [-0.1, -0.05) is 13.3 Å². The quantitative estimate of drug-likeness (QED) is 0.525. The summed E-state index contributed by atoms with van der Waals surface area (Å²) in [6, 6.07) is 0. The summed E-state index contributed by atoms with van der Waals surface area (Å²) in [4.78, 5) is 10.1. The first kappa shape index (κ1) is 16.8. The Bertz CT molecular complexity index is 136. The van der Waals surface area contributed by atoms with Crippen LogP contribution in [0.1, 0.15) is 54.4 Å². The summed E-state index contributed by atoms with van der Waals surface area (Å²) < 4.78 is 9.89. The summed E-state index contributed by atoms with van der Waals surface area (Å²) in [6.45, 7) is 12.2. The third-order valence-electron chi connectivity index (χ3n) is 1.35. The van der Waals surface area contributed by atoms with Gasteiger partial charge in [0, 0.05) is 6.92 Å². The monoisotopic (exact) mass is 218 g/mol. The maximum Gasteiger partial charge on any atom is 0.302 e. The molecule has 3 heteroatoms. The number of unbranched alkanes of at least 4 members (excludes halogenated alkanes) is 1. The van der Waals surface area contributed by atoms with Crippen LogP contribution in [0.3, 0.4) is 0 Å². The summed E-state index contributed by atoms with van der Waals surface area (Å²) in [5.41, 5.74) is 0. The molecule has 92 valence electrons. The Labute approximate surface area is 94.1 Å². The van der Waals surface area contributed by atoms with E-state index in [0.717, 1.165) is 12.8 Å². The Morgan fingerprint density at radius 2 is 1.60 bits per heavy atom. The molecule has 15 heavy (non-hydrogen) atoms. The third kappa shape index (κ3) is 24.7. The van der Waals surface area contributed by atoms with Crippen LogP contribution in [-0.4, -0.2) is 24.8 Å². The Hall–Kier alpha value is -0.570. The molecule has 0 aliphatic rings. The van der Waals surface area contributed by atoms with Gasteiger partial charge in [0.25, 0.3) is 0 Å². The molecule has 0 spiro atoms. The van der Waals surface area contributed by atoms with Crippen molar-refractivity contribution in [2.75, 3.05) is 6.61 Å². The van der Waals surface area contributed by atoms with Crippen molar-refractivity contribution < 1.29 is 14.3 Å². The van der Waals surface area contributed by atoms with Gasteiger partial charge in [-0.25, -0.2) is 0 Å². The summed E-state index contributed by atoms with van der Waals surface area (Å²) >= 11 is 0. The number of hydrogen-bond donors (Lipinski definition) is 0. The van der Waals surface area contributed by atoms with Crippen LogP contribution in [0.15, 0.2) is 0 Å². The topological polar surface area (TPSA) is 35.5 Å². The number of carbonyl (C=O) groups excluding carboxylic acids is 1. The van der Waals surface area contributed by atoms with Gasteiger partial charge in [-0.15, -0.1) is 0 Å². The number of esters is 1. The van der Waals surface area contributed by atoms with Crippen molar-refractivity contribution in [3.63, 3.8) is 0 Å². The normalized spacial score (nSPS) is 9.87. The molecule has 0 amide bonds. The molecular formula is C12H26O3. The van der Waals surface area contributed by atoms with Gasteiger partial charge in [0.1, 0.15) is 0 Å². The first-order valence-corrected chi connectivity index (χ1v) is 5.68. The van der Waals surface area contributed by atoms with E-state index < -0.39 is 0 Å². The first-order chi connectivity index (χ1) is 6.90. The number of hydrogen-bond acceptors (Lipinski definition) is 3. The van der Waals surface area contributed by atoms with Crippen LogP contribution in [-0.2, 0) is 14.3 Å². The van der Waals surface area contributed by atoms with E-state index in [2.05, 4.69) is 11.7 Å². The molecule has 0 radical (unpaired) electrons. The Balaban J connectivity index is 0. The molecule has 0 atom stereocenters. The zero-order valence-corrected chi connectivity index (χ0v) is 11.0. The lowest BCUT2D eigenvalue weighted by molar-refractivity contribution is -0.141. The Morgan fingerprint density at radius 3 is 1.80 bits per heavy atom. The fourth-order valence-corrected chi connectivity index (χ4v) is 0.905. The molecule has 0 unspecified atom stereocenters. The maximum absolute atomic E-state index is 10.1. The fourth-order valence-electron chi connectivity index (χ4n) is 0.905. The molecule has 0 heterocycles. The fraction of sp³-hybridized carbons (Fsp3) is 0.917. The van der Waals surface area contributed by atoms with E-state index in [0.29, 0.717) is 18.8 Å². The minimum Gasteiger partial charge on any atom is -0.466 e. The molecule has 0 N–H and O–H groups in total. The van der Waals surface area contributed by atoms with E-state index in [-0.39, 0.29) is 5.97 Å². The van der Waals surface area contributed by atoms with E-state index in [9.17, 15) is 4.79 Å². The van der Waals surface area contributed by atoms with Gasteiger partial charge in [-0.2, -0.15) is 0 Å². The minimum absolute atomic E-state index is 0.182. The number of carbonyl (C=O) groups is 1. The summed E-state index contributed by atoms with van der Waals surface area (Å²) in [6.07, 6.45) is 2.80. The van der Waals surface area contributed by atoms with Crippen LogP contribution < -0.4 is 0 Å². The van der Waals surface area contributed by atoms with Crippen molar-refractivity contribution in [2.24, 2.45) is 0 Å². The highest BCUT2D eigenvalue weighted by Gasteiger charge is 1.94. The lowest BCUT2D eigenvalue weighted by Gasteiger charge is -2.09. The molecular weight excluding hydrogens is 192 g/mol. The molecule has 0 saturated carbocycles. The van der Waals surface area contributed by atoms with Crippen LogP contribution in [0.2, 0.25) is 0 Å². The summed E-state index contributed by atoms with van der Waals surface area (Å²) in [5, 5.41) is 0. The molecule has 0 aromatic rings. The minimum atomic E-state index is -0.182. The van der Waals surface area contributed by atoms with E-state index in [1.54, 1.807) is 0 Å². The van der Waals surface area contributed by atoms with Gasteiger partial charge in [-0.05, 0) is 34.1 Å².